The summed E-state index contributed by atoms with van der Waals surface area (Å²) >= 11 is 5.88. The predicted molar refractivity (Wildman–Crippen MR) is 111 cm³/mol. The first-order chi connectivity index (χ1) is 13.9. The molecule has 1 amide bonds. The molecule has 0 bridgehead atoms. The van der Waals surface area contributed by atoms with Gasteiger partial charge in [0.05, 0.1) is 18.6 Å². The largest absolute Gasteiger partial charge is 0.493 e. The zero-order valence-electron chi connectivity index (χ0n) is 16.2. The van der Waals surface area contributed by atoms with Gasteiger partial charge in [0.15, 0.2) is 26.1 Å². The van der Waals surface area contributed by atoms with Crippen LogP contribution >= 0.6 is 11.6 Å². The van der Waals surface area contributed by atoms with Crippen molar-refractivity contribution < 1.29 is 22.7 Å². The van der Waals surface area contributed by atoms with E-state index in [1.165, 1.54) is 24.3 Å². The number of ether oxygens (including phenoxy) is 2. The summed E-state index contributed by atoms with van der Waals surface area (Å²) in [6.07, 6.45) is 1.99. The number of benzene rings is 2. The molecule has 3 rings (SSSR count). The van der Waals surface area contributed by atoms with Crippen LogP contribution in [0, 0.1) is 0 Å². The van der Waals surface area contributed by atoms with Crippen molar-refractivity contribution in [3.63, 3.8) is 0 Å². The van der Waals surface area contributed by atoms with Gasteiger partial charge >= 0.3 is 0 Å². The number of carbonyl (C=O) groups excluding carboxylic acids is 1. The zero-order valence-corrected chi connectivity index (χ0v) is 17.8. The Labute approximate surface area is 176 Å². The molecule has 6 nitrogen and oxygen atoms in total. The van der Waals surface area contributed by atoms with Gasteiger partial charge in [-0.05, 0) is 49.2 Å². The second-order valence-corrected chi connectivity index (χ2v) is 9.61. The Morgan fingerprint density at radius 3 is 2.31 bits per heavy atom. The van der Waals surface area contributed by atoms with E-state index < -0.39 is 20.5 Å². The van der Waals surface area contributed by atoms with Crippen molar-refractivity contribution in [1.29, 1.82) is 0 Å². The lowest BCUT2D eigenvalue weighted by molar-refractivity contribution is -0.123. The fraction of sp³-hybridized carbons (Fsp3) is 0.381. The van der Waals surface area contributed by atoms with Gasteiger partial charge in [-0.3, -0.25) is 4.79 Å². The van der Waals surface area contributed by atoms with E-state index >= 15 is 0 Å². The summed E-state index contributed by atoms with van der Waals surface area (Å²) in [5, 5.41) is 3.20. The number of nitrogens with one attached hydrogen (secondary N) is 1. The van der Waals surface area contributed by atoms with Gasteiger partial charge in [-0.15, -0.1) is 0 Å². The van der Waals surface area contributed by atoms with Gasteiger partial charge in [0.2, 0.25) is 5.91 Å². The number of sulfone groups is 1. The van der Waals surface area contributed by atoms with Crippen LogP contribution in [0.1, 0.15) is 25.7 Å². The number of methoxy groups -OCH3 is 1. The summed E-state index contributed by atoms with van der Waals surface area (Å²) in [7, 11) is -2.30. The third kappa shape index (κ3) is 4.36. The quantitative estimate of drug-likeness (QED) is 0.638. The third-order valence-electron chi connectivity index (χ3n) is 5.18. The van der Waals surface area contributed by atoms with E-state index in [1.807, 2.05) is 12.1 Å². The summed E-state index contributed by atoms with van der Waals surface area (Å²) in [6, 6.07) is 13.2. The molecule has 8 heteroatoms. The molecule has 1 saturated carbocycles. The molecule has 1 aliphatic carbocycles. The van der Waals surface area contributed by atoms with Gasteiger partial charge in [-0.1, -0.05) is 36.6 Å². The first-order valence-electron chi connectivity index (χ1n) is 9.45. The van der Waals surface area contributed by atoms with Crippen molar-refractivity contribution in [2.45, 2.75) is 35.3 Å². The number of hydrogen-bond acceptors (Lipinski definition) is 5. The van der Waals surface area contributed by atoms with E-state index in [-0.39, 0.29) is 18.0 Å². The Kier molecular flexibility index (Phi) is 6.70. The predicted octanol–water partition coefficient (Wildman–Crippen LogP) is 3.63. The average molecular weight is 438 g/mol. The van der Waals surface area contributed by atoms with E-state index in [9.17, 15) is 13.2 Å². The molecule has 1 aliphatic rings. The summed E-state index contributed by atoms with van der Waals surface area (Å²) in [5.74, 6) is 0.679. The number of hydrogen-bond donors (Lipinski definition) is 1. The van der Waals surface area contributed by atoms with Crippen LogP contribution in [0.15, 0.2) is 53.4 Å². The minimum atomic E-state index is -3.85. The molecular formula is C21H24ClNO5S. The minimum absolute atomic E-state index is 0.115. The van der Waals surface area contributed by atoms with Crippen LogP contribution in [0.25, 0.3) is 0 Å². The van der Waals surface area contributed by atoms with Crippen LogP contribution < -0.4 is 14.8 Å². The molecule has 1 fully saturated rings. The Bertz CT molecular complexity index is 953. The SMILES string of the molecule is COc1ccccc1OCCNC(=O)C1(S(=O)(=O)c2ccc(Cl)cc2)CCCC1. The molecule has 2 aromatic carbocycles. The van der Waals surface area contributed by atoms with Gasteiger partial charge < -0.3 is 14.8 Å². The van der Waals surface area contributed by atoms with Crippen LogP contribution in [0.2, 0.25) is 5.02 Å². The molecule has 0 radical (unpaired) electrons. The molecule has 0 spiro atoms. The molecule has 0 atom stereocenters. The van der Waals surface area contributed by atoms with E-state index in [2.05, 4.69) is 5.32 Å². The molecule has 0 aromatic heterocycles. The lowest BCUT2D eigenvalue weighted by atomic mass is 10.1. The first kappa shape index (κ1) is 21.5. The highest BCUT2D eigenvalue weighted by atomic mass is 35.5. The highest BCUT2D eigenvalue weighted by Gasteiger charge is 2.52. The zero-order chi connectivity index (χ0) is 20.9. The third-order valence-corrected chi connectivity index (χ3v) is 7.94. The average Bonchev–Trinajstić information content (AvgIpc) is 3.23. The lowest BCUT2D eigenvalue weighted by Gasteiger charge is -2.27. The fourth-order valence-corrected chi connectivity index (χ4v) is 5.84. The van der Waals surface area contributed by atoms with E-state index in [0.717, 1.165) is 0 Å². The maximum atomic E-state index is 13.3. The summed E-state index contributed by atoms with van der Waals surface area (Å²) in [5.41, 5.74) is 0. The van der Waals surface area contributed by atoms with Crippen molar-refractivity contribution in [2.24, 2.45) is 0 Å². The highest BCUT2D eigenvalue weighted by Crippen LogP contribution is 2.41. The fourth-order valence-electron chi connectivity index (χ4n) is 3.63. The maximum Gasteiger partial charge on any atom is 0.241 e. The van der Waals surface area contributed by atoms with Crippen LogP contribution in [-0.2, 0) is 14.6 Å². The number of halogens is 1. The standard InChI is InChI=1S/C21H24ClNO5S/c1-27-18-6-2-3-7-19(18)28-15-14-23-20(24)21(12-4-5-13-21)29(25,26)17-10-8-16(22)9-11-17/h2-3,6-11H,4-5,12-15H2,1H3,(H,23,24). The number of para-hydroxylation sites is 2. The monoisotopic (exact) mass is 437 g/mol. The van der Waals surface area contributed by atoms with Crippen LogP contribution in [0.5, 0.6) is 11.5 Å². The molecule has 0 unspecified atom stereocenters. The van der Waals surface area contributed by atoms with Gasteiger partial charge in [0, 0.05) is 5.02 Å². The summed E-state index contributed by atoms with van der Waals surface area (Å²) < 4.78 is 36.0. The number of carbonyl (C=O) groups is 1. The van der Waals surface area contributed by atoms with Crippen LogP contribution in [0.3, 0.4) is 0 Å². The smallest absolute Gasteiger partial charge is 0.241 e. The van der Waals surface area contributed by atoms with Crippen molar-refractivity contribution in [2.75, 3.05) is 20.3 Å². The molecular weight excluding hydrogens is 414 g/mol. The normalized spacial score (nSPS) is 15.7. The van der Waals surface area contributed by atoms with Gasteiger partial charge in [-0.2, -0.15) is 0 Å². The Morgan fingerprint density at radius 1 is 1.07 bits per heavy atom. The van der Waals surface area contributed by atoms with Crippen molar-refractivity contribution in [3.05, 3.63) is 53.6 Å². The van der Waals surface area contributed by atoms with Crippen molar-refractivity contribution in [3.8, 4) is 11.5 Å². The van der Waals surface area contributed by atoms with Gasteiger partial charge in [0.25, 0.3) is 0 Å². The summed E-state index contributed by atoms with van der Waals surface area (Å²) in [4.78, 5) is 13.1. The lowest BCUT2D eigenvalue weighted by Crippen LogP contribution is -2.51. The first-order valence-corrected chi connectivity index (χ1v) is 11.3. The van der Waals surface area contributed by atoms with Crippen LogP contribution in [-0.4, -0.2) is 39.3 Å². The van der Waals surface area contributed by atoms with Crippen molar-refractivity contribution in [1.82, 2.24) is 5.32 Å². The molecule has 156 valence electrons. The summed E-state index contributed by atoms with van der Waals surface area (Å²) in [6.45, 7) is 0.387. The molecule has 0 aliphatic heterocycles. The Balaban J connectivity index is 1.69. The molecule has 29 heavy (non-hydrogen) atoms. The number of rotatable bonds is 8. The molecule has 2 aromatic rings. The number of amides is 1. The van der Waals surface area contributed by atoms with E-state index in [1.54, 1.807) is 19.2 Å². The van der Waals surface area contributed by atoms with Gasteiger partial charge in [-0.25, -0.2) is 8.42 Å². The minimum Gasteiger partial charge on any atom is -0.493 e. The topological polar surface area (TPSA) is 81.7 Å². The van der Waals surface area contributed by atoms with Gasteiger partial charge in [0.1, 0.15) is 6.61 Å². The highest BCUT2D eigenvalue weighted by molar-refractivity contribution is 7.93. The second-order valence-electron chi connectivity index (χ2n) is 6.91. The molecule has 1 N–H and O–H groups in total. The van der Waals surface area contributed by atoms with Crippen LogP contribution in [0.4, 0.5) is 0 Å². The van der Waals surface area contributed by atoms with Crippen molar-refractivity contribution >= 4 is 27.3 Å². The van der Waals surface area contributed by atoms with E-state index in [4.69, 9.17) is 21.1 Å². The maximum absolute atomic E-state index is 13.3. The Morgan fingerprint density at radius 2 is 1.69 bits per heavy atom. The molecule has 0 saturated heterocycles. The Hall–Kier alpha value is -2.25. The molecule has 0 heterocycles. The second kappa shape index (κ2) is 9.05. The van der Waals surface area contributed by atoms with E-state index in [0.29, 0.717) is 42.2 Å².